The smallest absolute Gasteiger partial charge is 0.220 e. The second kappa shape index (κ2) is 5.73. The van der Waals surface area contributed by atoms with Gasteiger partial charge in [-0.1, -0.05) is 13.3 Å². The van der Waals surface area contributed by atoms with Crippen LogP contribution in [0.15, 0.2) is 6.07 Å². The van der Waals surface area contributed by atoms with Crippen LogP contribution in [-0.2, 0) is 24.2 Å². The maximum atomic E-state index is 11.8. The molecular formula is C16H21NO3. The highest BCUT2D eigenvalue weighted by atomic mass is 16.5. The number of ether oxygens (including phenoxy) is 2. The van der Waals surface area contributed by atoms with Gasteiger partial charge in [0.25, 0.3) is 0 Å². The molecule has 108 valence electrons. The fourth-order valence-electron chi connectivity index (χ4n) is 2.88. The maximum Gasteiger partial charge on any atom is 0.220 e. The highest BCUT2D eigenvalue weighted by Crippen LogP contribution is 2.40. The number of carbonyl (C=O) groups is 1. The quantitative estimate of drug-likeness (QED) is 0.897. The van der Waals surface area contributed by atoms with Crippen molar-refractivity contribution in [3.8, 4) is 11.5 Å². The van der Waals surface area contributed by atoms with Gasteiger partial charge in [0, 0.05) is 42.5 Å². The average Bonchev–Trinajstić information content (AvgIpc) is 3.09. The van der Waals surface area contributed by atoms with E-state index < -0.39 is 0 Å². The van der Waals surface area contributed by atoms with E-state index in [0.29, 0.717) is 13.0 Å². The third-order valence-electron chi connectivity index (χ3n) is 3.98. The highest BCUT2D eigenvalue weighted by Gasteiger charge is 2.26. The lowest BCUT2D eigenvalue weighted by atomic mass is 9.99. The Morgan fingerprint density at radius 1 is 1.30 bits per heavy atom. The van der Waals surface area contributed by atoms with Gasteiger partial charge in [0.05, 0.1) is 13.2 Å². The van der Waals surface area contributed by atoms with Crippen molar-refractivity contribution < 1.29 is 14.3 Å². The molecule has 2 aliphatic rings. The van der Waals surface area contributed by atoms with E-state index in [-0.39, 0.29) is 5.91 Å². The van der Waals surface area contributed by atoms with Crippen molar-refractivity contribution in [3.05, 3.63) is 22.8 Å². The number of amides is 1. The summed E-state index contributed by atoms with van der Waals surface area (Å²) >= 11 is 0. The Kier molecular flexibility index (Phi) is 3.81. The number of benzene rings is 1. The number of hydrogen-bond acceptors (Lipinski definition) is 3. The van der Waals surface area contributed by atoms with Crippen LogP contribution in [0.5, 0.6) is 11.5 Å². The monoisotopic (exact) mass is 275 g/mol. The molecular weight excluding hydrogens is 254 g/mol. The van der Waals surface area contributed by atoms with Gasteiger partial charge in [-0.3, -0.25) is 4.79 Å². The molecule has 4 nitrogen and oxygen atoms in total. The molecule has 1 N–H and O–H groups in total. The molecule has 1 amide bonds. The van der Waals surface area contributed by atoms with Crippen LogP contribution in [-0.4, -0.2) is 19.1 Å². The van der Waals surface area contributed by atoms with Crippen molar-refractivity contribution >= 4 is 5.91 Å². The van der Waals surface area contributed by atoms with Gasteiger partial charge < -0.3 is 14.8 Å². The molecule has 20 heavy (non-hydrogen) atoms. The van der Waals surface area contributed by atoms with Crippen LogP contribution in [0, 0.1) is 0 Å². The highest BCUT2D eigenvalue weighted by molar-refractivity contribution is 5.76. The molecule has 2 aliphatic heterocycles. The van der Waals surface area contributed by atoms with Crippen LogP contribution >= 0.6 is 0 Å². The van der Waals surface area contributed by atoms with Gasteiger partial charge in [0.1, 0.15) is 11.5 Å². The zero-order valence-corrected chi connectivity index (χ0v) is 12.0. The average molecular weight is 275 g/mol. The second-order valence-corrected chi connectivity index (χ2v) is 5.40. The summed E-state index contributed by atoms with van der Waals surface area (Å²) in [6, 6.07) is 2.10. The molecule has 0 aliphatic carbocycles. The first-order valence-electron chi connectivity index (χ1n) is 7.49. The van der Waals surface area contributed by atoms with Crippen molar-refractivity contribution in [3.63, 3.8) is 0 Å². The van der Waals surface area contributed by atoms with Crippen molar-refractivity contribution in [1.82, 2.24) is 5.32 Å². The van der Waals surface area contributed by atoms with E-state index in [1.807, 2.05) is 0 Å². The first-order valence-corrected chi connectivity index (χ1v) is 7.49. The predicted octanol–water partition coefficient (Wildman–Crippen LogP) is 2.36. The minimum absolute atomic E-state index is 0.120. The van der Waals surface area contributed by atoms with Crippen molar-refractivity contribution in [2.75, 3.05) is 13.2 Å². The summed E-state index contributed by atoms with van der Waals surface area (Å²) < 4.78 is 11.4. The number of unbranched alkanes of at least 4 members (excludes halogenated alkanes) is 1. The Balaban J connectivity index is 1.77. The zero-order valence-electron chi connectivity index (χ0n) is 12.0. The van der Waals surface area contributed by atoms with Gasteiger partial charge in [-0.05, 0) is 12.5 Å². The summed E-state index contributed by atoms with van der Waals surface area (Å²) in [6.07, 6.45) is 4.43. The number of fused-ring (bicyclic) bond motifs is 2. The molecule has 4 heteroatoms. The normalized spacial score (nSPS) is 15.2. The molecule has 0 spiro atoms. The van der Waals surface area contributed by atoms with Crippen LogP contribution < -0.4 is 14.8 Å². The van der Waals surface area contributed by atoms with Gasteiger partial charge in [-0.2, -0.15) is 0 Å². The fourth-order valence-corrected chi connectivity index (χ4v) is 2.88. The first kappa shape index (κ1) is 13.3. The molecule has 0 unspecified atom stereocenters. The molecule has 2 heterocycles. The lowest BCUT2D eigenvalue weighted by molar-refractivity contribution is -0.121. The molecule has 0 saturated heterocycles. The Morgan fingerprint density at radius 3 is 3.00 bits per heavy atom. The van der Waals surface area contributed by atoms with Gasteiger partial charge >= 0.3 is 0 Å². The van der Waals surface area contributed by atoms with Gasteiger partial charge in [-0.15, -0.1) is 0 Å². The van der Waals surface area contributed by atoms with Crippen LogP contribution in [0.3, 0.4) is 0 Å². The third-order valence-corrected chi connectivity index (χ3v) is 3.98. The number of hydrogen-bond donors (Lipinski definition) is 1. The van der Waals surface area contributed by atoms with E-state index >= 15 is 0 Å². The number of rotatable bonds is 5. The summed E-state index contributed by atoms with van der Waals surface area (Å²) in [5, 5.41) is 3.02. The van der Waals surface area contributed by atoms with E-state index in [2.05, 4.69) is 18.3 Å². The van der Waals surface area contributed by atoms with Gasteiger partial charge in [0.2, 0.25) is 5.91 Å². The zero-order chi connectivity index (χ0) is 13.9. The van der Waals surface area contributed by atoms with Crippen LogP contribution in [0.1, 0.15) is 42.9 Å². The summed E-state index contributed by atoms with van der Waals surface area (Å²) in [5.74, 6) is 2.08. The minimum Gasteiger partial charge on any atom is -0.493 e. The Hall–Kier alpha value is -1.71. The van der Waals surface area contributed by atoms with Crippen LogP contribution in [0.4, 0.5) is 0 Å². The van der Waals surface area contributed by atoms with Crippen LogP contribution in [0.2, 0.25) is 0 Å². The topological polar surface area (TPSA) is 47.6 Å². The van der Waals surface area contributed by atoms with E-state index in [4.69, 9.17) is 9.47 Å². The largest absolute Gasteiger partial charge is 0.493 e. The first-order chi connectivity index (χ1) is 9.79. The van der Waals surface area contributed by atoms with E-state index in [1.165, 1.54) is 11.1 Å². The predicted molar refractivity (Wildman–Crippen MR) is 76.2 cm³/mol. The van der Waals surface area contributed by atoms with E-state index in [1.54, 1.807) is 0 Å². The van der Waals surface area contributed by atoms with E-state index in [9.17, 15) is 4.79 Å². The third kappa shape index (κ3) is 2.47. The Bertz CT molecular complexity index is 493. The lowest BCUT2D eigenvalue weighted by Gasteiger charge is -2.13. The number of carbonyl (C=O) groups excluding carboxylic acids is 1. The van der Waals surface area contributed by atoms with Gasteiger partial charge in [0.15, 0.2) is 0 Å². The molecule has 0 aromatic heterocycles. The molecule has 0 fully saturated rings. The Labute approximate surface area is 119 Å². The summed E-state index contributed by atoms with van der Waals surface area (Å²) in [5.41, 5.74) is 3.54. The van der Waals surface area contributed by atoms with Crippen molar-refractivity contribution in [2.24, 2.45) is 0 Å². The van der Waals surface area contributed by atoms with E-state index in [0.717, 1.165) is 56.0 Å². The second-order valence-electron chi connectivity index (χ2n) is 5.40. The number of nitrogens with one attached hydrogen (secondary N) is 1. The van der Waals surface area contributed by atoms with Crippen molar-refractivity contribution in [2.45, 2.75) is 45.6 Å². The Morgan fingerprint density at radius 2 is 2.15 bits per heavy atom. The van der Waals surface area contributed by atoms with Crippen LogP contribution in [0.25, 0.3) is 0 Å². The summed E-state index contributed by atoms with van der Waals surface area (Å²) in [6.45, 7) is 4.11. The molecule has 3 rings (SSSR count). The molecule has 1 aromatic carbocycles. The maximum absolute atomic E-state index is 11.8. The molecule has 0 radical (unpaired) electrons. The molecule has 0 atom stereocenters. The minimum atomic E-state index is 0.120. The standard InChI is InChI=1S/C16H21NO3/c1-2-3-4-15(18)17-10-13-12-6-8-19-14(12)9-11-5-7-20-16(11)13/h9H,2-8,10H2,1H3,(H,17,18). The fraction of sp³-hybridized carbons (Fsp3) is 0.562. The van der Waals surface area contributed by atoms with Crippen molar-refractivity contribution in [1.29, 1.82) is 0 Å². The molecule has 0 saturated carbocycles. The molecule has 1 aromatic rings. The lowest BCUT2D eigenvalue weighted by Crippen LogP contribution is -2.23. The summed E-state index contributed by atoms with van der Waals surface area (Å²) in [4.78, 5) is 11.8. The SMILES string of the molecule is CCCCC(=O)NCc1c2c(cc3c1OCC3)OCC2. The van der Waals surface area contributed by atoms with Gasteiger partial charge in [-0.25, -0.2) is 0 Å². The molecule has 0 bridgehead atoms. The summed E-state index contributed by atoms with van der Waals surface area (Å²) in [7, 11) is 0.